The minimum absolute atomic E-state index is 0.206. The Balaban J connectivity index is 2.08. The molecular weight excluding hydrogens is 348 g/mol. The standard InChI is InChI=1S/C9H12BrClN2O2S2/c10-8-6(11)4-7(16-8)17(14,15)13-5-9(12)2-1-3-9/h4,13H,1-3,5,12H2. The van der Waals surface area contributed by atoms with Gasteiger partial charge in [-0.3, -0.25) is 0 Å². The van der Waals surface area contributed by atoms with Gasteiger partial charge in [0, 0.05) is 12.1 Å². The van der Waals surface area contributed by atoms with Gasteiger partial charge in [0.05, 0.1) is 8.81 Å². The third kappa shape index (κ3) is 3.02. The molecule has 1 fully saturated rings. The summed E-state index contributed by atoms with van der Waals surface area (Å²) in [4.78, 5) is 0. The van der Waals surface area contributed by atoms with Crippen LogP contribution in [0.1, 0.15) is 19.3 Å². The first-order valence-corrected chi connectivity index (χ1v) is 8.53. The Morgan fingerprint density at radius 3 is 2.65 bits per heavy atom. The Kier molecular flexibility index (Phi) is 3.88. The van der Waals surface area contributed by atoms with Crippen LogP contribution in [0.3, 0.4) is 0 Å². The molecule has 1 aromatic heterocycles. The first-order valence-electron chi connectivity index (χ1n) is 5.06. The molecule has 17 heavy (non-hydrogen) atoms. The molecule has 0 aliphatic heterocycles. The van der Waals surface area contributed by atoms with Crippen LogP contribution >= 0.6 is 38.9 Å². The number of hydrogen-bond acceptors (Lipinski definition) is 4. The van der Waals surface area contributed by atoms with Crippen LogP contribution in [0.5, 0.6) is 0 Å². The second-order valence-corrected chi connectivity index (χ2v) is 9.00. The Bertz CT molecular complexity index is 506. The maximum absolute atomic E-state index is 11.9. The molecule has 0 aromatic carbocycles. The molecule has 1 aliphatic carbocycles. The summed E-state index contributed by atoms with van der Waals surface area (Å²) in [5.41, 5.74) is 5.59. The van der Waals surface area contributed by atoms with Gasteiger partial charge in [0.25, 0.3) is 0 Å². The van der Waals surface area contributed by atoms with E-state index in [2.05, 4.69) is 20.7 Å². The molecule has 1 saturated carbocycles. The minimum Gasteiger partial charge on any atom is -0.324 e. The Hall–Kier alpha value is 0.340. The summed E-state index contributed by atoms with van der Waals surface area (Å²) in [5.74, 6) is 0. The van der Waals surface area contributed by atoms with Gasteiger partial charge in [-0.25, -0.2) is 13.1 Å². The van der Waals surface area contributed by atoms with E-state index in [1.807, 2.05) is 0 Å². The van der Waals surface area contributed by atoms with E-state index in [0.717, 1.165) is 30.6 Å². The van der Waals surface area contributed by atoms with Gasteiger partial charge in [0.15, 0.2) is 0 Å². The zero-order chi connectivity index (χ0) is 12.7. The number of thiophene rings is 1. The summed E-state index contributed by atoms with van der Waals surface area (Å²) >= 11 is 10.1. The molecule has 2 rings (SSSR count). The molecule has 1 aromatic rings. The van der Waals surface area contributed by atoms with Crippen molar-refractivity contribution in [3.63, 3.8) is 0 Å². The van der Waals surface area contributed by atoms with E-state index < -0.39 is 10.0 Å². The monoisotopic (exact) mass is 358 g/mol. The molecular formula is C9H12BrClN2O2S2. The normalized spacial score (nSPS) is 19.0. The Labute approximate surface area is 118 Å². The molecule has 0 radical (unpaired) electrons. The lowest BCUT2D eigenvalue weighted by Gasteiger charge is -2.37. The van der Waals surface area contributed by atoms with Crippen LogP contribution < -0.4 is 10.5 Å². The number of nitrogens with one attached hydrogen (secondary N) is 1. The van der Waals surface area contributed by atoms with Crippen LogP contribution in [0.15, 0.2) is 14.1 Å². The van der Waals surface area contributed by atoms with Crippen molar-refractivity contribution >= 4 is 48.9 Å². The highest BCUT2D eigenvalue weighted by Gasteiger charge is 2.34. The Morgan fingerprint density at radius 2 is 2.24 bits per heavy atom. The summed E-state index contributed by atoms with van der Waals surface area (Å²) in [5, 5.41) is 0.404. The zero-order valence-electron chi connectivity index (χ0n) is 8.87. The van der Waals surface area contributed by atoms with Gasteiger partial charge in [-0.15, -0.1) is 11.3 Å². The third-order valence-corrected chi connectivity index (χ3v) is 7.20. The Morgan fingerprint density at radius 1 is 1.59 bits per heavy atom. The van der Waals surface area contributed by atoms with Crippen LogP contribution in [0.4, 0.5) is 0 Å². The van der Waals surface area contributed by atoms with E-state index in [-0.39, 0.29) is 16.3 Å². The fraction of sp³-hybridized carbons (Fsp3) is 0.556. The molecule has 96 valence electrons. The van der Waals surface area contributed by atoms with Crippen molar-refractivity contribution in [3.05, 3.63) is 14.9 Å². The zero-order valence-corrected chi connectivity index (χ0v) is 12.8. The first kappa shape index (κ1) is 13.8. The van der Waals surface area contributed by atoms with Crippen molar-refractivity contribution in [2.45, 2.75) is 29.0 Å². The maximum Gasteiger partial charge on any atom is 0.250 e. The van der Waals surface area contributed by atoms with Crippen molar-refractivity contribution in [3.8, 4) is 0 Å². The van der Waals surface area contributed by atoms with Gasteiger partial charge in [0.1, 0.15) is 4.21 Å². The lowest BCUT2D eigenvalue weighted by molar-refractivity contribution is 0.251. The molecule has 0 spiro atoms. The molecule has 1 aliphatic rings. The van der Waals surface area contributed by atoms with Crippen LogP contribution in [0.25, 0.3) is 0 Å². The van der Waals surface area contributed by atoms with Gasteiger partial charge < -0.3 is 5.73 Å². The summed E-state index contributed by atoms with van der Waals surface area (Å²) in [6, 6.07) is 1.43. The summed E-state index contributed by atoms with van der Waals surface area (Å²) in [7, 11) is -3.50. The lowest BCUT2D eigenvalue weighted by Crippen LogP contribution is -2.54. The number of hydrogen-bond donors (Lipinski definition) is 2. The molecule has 1 heterocycles. The predicted octanol–water partition coefficient (Wildman–Crippen LogP) is 2.32. The molecule has 0 amide bonds. The second-order valence-electron chi connectivity index (χ2n) is 4.23. The number of halogens is 2. The van der Waals surface area contributed by atoms with E-state index in [0.29, 0.717) is 8.81 Å². The van der Waals surface area contributed by atoms with Gasteiger partial charge in [-0.05, 0) is 41.3 Å². The summed E-state index contributed by atoms with van der Waals surface area (Å²) in [6.45, 7) is 0.280. The fourth-order valence-corrected chi connectivity index (χ4v) is 5.16. The quantitative estimate of drug-likeness (QED) is 0.866. The first-order chi connectivity index (χ1) is 7.82. The van der Waals surface area contributed by atoms with Crippen LogP contribution in [-0.2, 0) is 10.0 Å². The smallest absolute Gasteiger partial charge is 0.250 e. The van der Waals surface area contributed by atoms with Crippen LogP contribution in [0.2, 0.25) is 5.02 Å². The van der Waals surface area contributed by atoms with E-state index in [4.69, 9.17) is 17.3 Å². The molecule has 8 heteroatoms. The number of sulfonamides is 1. The molecule has 0 atom stereocenters. The summed E-state index contributed by atoms with van der Waals surface area (Å²) in [6.07, 6.45) is 2.80. The topological polar surface area (TPSA) is 72.2 Å². The molecule has 0 saturated heterocycles. The van der Waals surface area contributed by atoms with E-state index in [1.165, 1.54) is 6.07 Å². The molecule has 0 unspecified atom stereocenters. The average molecular weight is 360 g/mol. The van der Waals surface area contributed by atoms with Crippen LogP contribution in [-0.4, -0.2) is 20.5 Å². The highest BCUT2D eigenvalue weighted by Crippen LogP contribution is 2.35. The maximum atomic E-state index is 11.9. The van der Waals surface area contributed by atoms with Crippen molar-refractivity contribution in [2.75, 3.05) is 6.54 Å². The van der Waals surface area contributed by atoms with E-state index in [9.17, 15) is 8.42 Å². The third-order valence-electron chi connectivity index (χ3n) is 2.85. The van der Waals surface area contributed by atoms with Gasteiger partial charge in [0.2, 0.25) is 10.0 Å². The number of rotatable bonds is 4. The SMILES string of the molecule is NC1(CNS(=O)(=O)c2cc(Cl)c(Br)s2)CCC1. The van der Waals surface area contributed by atoms with Crippen molar-refractivity contribution in [2.24, 2.45) is 5.73 Å². The van der Waals surface area contributed by atoms with Crippen molar-refractivity contribution in [1.82, 2.24) is 4.72 Å². The van der Waals surface area contributed by atoms with Gasteiger partial charge >= 0.3 is 0 Å². The molecule has 4 nitrogen and oxygen atoms in total. The van der Waals surface area contributed by atoms with E-state index in [1.54, 1.807) is 0 Å². The van der Waals surface area contributed by atoms with Crippen molar-refractivity contribution in [1.29, 1.82) is 0 Å². The fourth-order valence-electron chi connectivity index (χ4n) is 1.58. The van der Waals surface area contributed by atoms with E-state index >= 15 is 0 Å². The molecule has 3 N–H and O–H groups in total. The second kappa shape index (κ2) is 4.79. The minimum atomic E-state index is -3.50. The van der Waals surface area contributed by atoms with Crippen molar-refractivity contribution < 1.29 is 8.42 Å². The predicted molar refractivity (Wildman–Crippen MR) is 73.0 cm³/mol. The number of nitrogens with two attached hydrogens (primary N) is 1. The average Bonchev–Trinajstić information content (AvgIpc) is 2.54. The highest BCUT2D eigenvalue weighted by atomic mass is 79.9. The molecule has 0 bridgehead atoms. The van der Waals surface area contributed by atoms with Crippen LogP contribution in [0, 0.1) is 0 Å². The summed E-state index contributed by atoms with van der Waals surface area (Å²) < 4.78 is 27.3. The van der Waals surface area contributed by atoms with Gasteiger partial charge in [-0.2, -0.15) is 0 Å². The van der Waals surface area contributed by atoms with Gasteiger partial charge in [-0.1, -0.05) is 11.6 Å². The highest BCUT2D eigenvalue weighted by molar-refractivity contribution is 9.11. The largest absolute Gasteiger partial charge is 0.324 e. The lowest BCUT2D eigenvalue weighted by atomic mass is 9.78.